The SMILES string of the molecule is COc1ccc(CN2CCN(C(=O)NC3CCCCC3)CC2)cc1C. The molecule has 3 rings (SSSR count). The van der Waals surface area contributed by atoms with Crippen LogP contribution in [0.1, 0.15) is 43.2 Å². The third-order valence-electron chi connectivity index (χ3n) is 5.46. The highest BCUT2D eigenvalue weighted by Crippen LogP contribution is 2.20. The van der Waals surface area contributed by atoms with Crippen molar-refractivity contribution in [3.63, 3.8) is 0 Å². The monoisotopic (exact) mass is 345 g/mol. The molecule has 25 heavy (non-hydrogen) atoms. The van der Waals surface area contributed by atoms with E-state index in [2.05, 4.69) is 29.3 Å². The van der Waals surface area contributed by atoms with Crippen molar-refractivity contribution in [2.45, 2.75) is 51.6 Å². The van der Waals surface area contributed by atoms with Gasteiger partial charge in [0.1, 0.15) is 5.75 Å². The van der Waals surface area contributed by atoms with E-state index >= 15 is 0 Å². The van der Waals surface area contributed by atoms with Crippen molar-refractivity contribution in [1.82, 2.24) is 15.1 Å². The first kappa shape index (κ1) is 18.1. The Kier molecular flexibility index (Phi) is 6.19. The number of urea groups is 1. The Labute approximate surface area is 151 Å². The molecule has 5 nitrogen and oxygen atoms in total. The lowest BCUT2D eigenvalue weighted by Crippen LogP contribution is -2.53. The molecule has 1 saturated heterocycles. The summed E-state index contributed by atoms with van der Waals surface area (Å²) in [5.41, 5.74) is 2.48. The summed E-state index contributed by atoms with van der Waals surface area (Å²) in [6, 6.07) is 6.89. The zero-order valence-corrected chi connectivity index (χ0v) is 15.6. The van der Waals surface area contributed by atoms with Crippen molar-refractivity contribution in [1.29, 1.82) is 0 Å². The Morgan fingerprint density at radius 1 is 1.16 bits per heavy atom. The molecule has 2 aliphatic rings. The Hall–Kier alpha value is -1.75. The second-order valence-electron chi connectivity index (χ2n) is 7.35. The largest absolute Gasteiger partial charge is 0.496 e. The molecule has 2 amide bonds. The van der Waals surface area contributed by atoms with Crippen LogP contribution in [0.15, 0.2) is 18.2 Å². The van der Waals surface area contributed by atoms with Gasteiger partial charge in [0.05, 0.1) is 7.11 Å². The normalized spacial score (nSPS) is 19.7. The maximum absolute atomic E-state index is 12.4. The van der Waals surface area contributed by atoms with Crippen LogP contribution in [-0.4, -0.2) is 55.2 Å². The second-order valence-corrected chi connectivity index (χ2v) is 7.35. The Balaban J connectivity index is 1.45. The molecule has 0 atom stereocenters. The van der Waals surface area contributed by atoms with Crippen LogP contribution in [0, 0.1) is 6.92 Å². The van der Waals surface area contributed by atoms with Gasteiger partial charge in [-0.1, -0.05) is 31.4 Å². The van der Waals surface area contributed by atoms with E-state index in [0.717, 1.165) is 51.3 Å². The quantitative estimate of drug-likeness (QED) is 0.912. The average molecular weight is 345 g/mol. The first-order valence-corrected chi connectivity index (χ1v) is 9.57. The van der Waals surface area contributed by atoms with Gasteiger partial charge in [0.25, 0.3) is 0 Å². The van der Waals surface area contributed by atoms with Gasteiger partial charge in [0.15, 0.2) is 0 Å². The van der Waals surface area contributed by atoms with Crippen LogP contribution in [0.3, 0.4) is 0 Å². The maximum atomic E-state index is 12.4. The van der Waals surface area contributed by atoms with Crippen LogP contribution >= 0.6 is 0 Å². The number of hydrogen-bond donors (Lipinski definition) is 1. The third-order valence-corrected chi connectivity index (χ3v) is 5.46. The molecular formula is C20H31N3O2. The van der Waals surface area contributed by atoms with Crippen LogP contribution < -0.4 is 10.1 Å². The lowest BCUT2D eigenvalue weighted by Gasteiger charge is -2.36. The summed E-state index contributed by atoms with van der Waals surface area (Å²) >= 11 is 0. The molecule has 0 radical (unpaired) electrons. The van der Waals surface area contributed by atoms with Gasteiger partial charge in [-0.2, -0.15) is 0 Å². The Morgan fingerprint density at radius 3 is 2.52 bits per heavy atom. The smallest absolute Gasteiger partial charge is 0.317 e. The highest BCUT2D eigenvalue weighted by atomic mass is 16.5. The molecule has 0 unspecified atom stereocenters. The summed E-state index contributed by atoms with van der Waals surface area (Å²) in [4.78, 5) is 16.8. The predicted octanol–water partition coefficient (Wildman–Crippen LogP) is 3.16. The summed E-state index contributed by atoms with van der Waals surface area (Å²) in [5, 5.41) is 3.23. The van der Waals surface area contributed by atoms with E-state index in [9.17, 15) is 4.79 Å². The lowest BCUT2D eigenvalue weighted by molar-refractivity contribution is 0.132. The Morgan fingerprint density at radius 2 is 1.88 bits per heavy atom. The molecule has 1 heterocycles. The van der Waals surface area contributed by atoms with Crippen LogP contribution in [0.5, 0.6) is 5.75 Å². The molecule has 5 heteroatoms. The van der Waals surface area contributed by atoms with Gasteiger partial charge in [-0.25, -0.2) is 4.79 Å². The van der Waals surface area contributed by atoms with E-state index < -0.39 is 0 Å². The maximum Gasteiger partial charge on any atom is 0.317 e. The van der Waals surface area contributed by atoms with Crippen LogP contribution in [0.2, 0.25) is 0 Å². The minimum Gasteiger partial charge on any atom is -0.496 e. The second kappa shape index (κ2) is 8.56. The number of piperazine rings is 1. The molecule has 138 valence electrons. The van der Waals surface area contributed by atoms with Crippen LogP contribution in [0.4, 0.5) is 4.79 Å². The van der Waals surface area contributed by atoms with E-state index in [1.807, 2.05) is 11.0 Å². The van der Waals surface area contributed by atoms with Gasteiger partial charge >= 0.3 is 6.03 Å². The topological polar surface area (TPSA) is 44.8 Å². The van der Waals surface area contributed by atoms with Crippen molar-refractivity contribution in [3.8, 4) is 5.75 Å². The molecule has 0 spiro atoms. The van der Waals surface area contributed by atoms with Crippen molar-refractivity contribution >= 4 is 6.03 Å². The van der Waals surface area contributed by atoms with Crippen molar-refractivity contribution in [2.24, 2.45) is 0 Å². The molecule has 1 aliphatic carbocycles. The molecule has 1 saturated carbocycles. The van der Waals surface area contributed by atoms with E-state index in [4.69, 9.17) is 4.74 Å². The highest BCUT2D eigenvalue weighted by molar-refractivity contribution is 5.74. The zero-order chi connectivity index (χ0) is 17.6. The number of carbonyl (C=O) groups excluding carboxylic acids is 1. The summed E-state index contributed by atoms with van der Waals surface area (Å²) in [6.45, 7) is 6.51. The predicted molar refractivity (Wildman–Crippen MR) is 100.0 cm³/mol. The van der Waals surface area contributed by atoms with Crippen molar-refractivity contribution < 1.29 is 9.53 Å². The minimum absolute atomic E-state index is 0.131. The first-order chi connectivity index (χ1) is 12.2. The number of nitrogens with one attached hydrogen (secondary N) is 1. The fraction of sp³-hybridized carbons (Fsp3) is 0.650. The van der Waals surface area contributed by atoms with Gasteiger partial charge in [-0.15, -0.1) is 0 Å². The number of methoxy groups -OCH3 is 1. The molecule has 2 fully saturated rings. The van der Waals surface area contributed by atoms with Gasteiger partial charge in [-0.3, -0.25) is 4.90 Å². The zero-order valence-electron chi connectivity index (χ0n) is 15.6. The van der Waals surface area contributed by atoms with Crippen LogP contribution in [-0.2, 0) is 6.54 Å². The van der Waals surface area contributed by atoms with Crippen LogP contribution in [0.25, 0.3) is 0 Å². The number of aryl methyl sites for hydroxylation is 1. The molecule has 1 aliphatic heterocycles. The molecular weight excluding hydrogens is 314 g/mol. The van der Waals surface area contributed by atoms with Crippen molar-refractivity contribution in [3.05, 3.63) is 29.3 Å². The van der Waals surface area contributed by atoms with E-state index in [-0.39, 0.29) is 6.03 Å². The molecule has 0 bridgehead atoms. The number of carbonyl (C=O) groups is 1. The summed E-state index contributed by atoms with van der Waals surface area (Å²) in [5.74, 6) is 0.938. The minimum atomic E-state index is 0.131. The molecule has 0 aromatic heterocycles. The number of hydrogen-bond acceptors (Lipinski definition) is 3. The lowest BCUT2D eigenvalue weighted by atomic mass is 9.96. The molecule has 1 aromatic carbocycles. The average Bonchev–Trinajstić information content (AvgIpc) is 2.63. The summed E-state index contributed by atoms with van der Waals surface area (Å²) in [7, 11) is 1.71. The number of ether oxygens (including phenoxy) is 1. The van der Waals surface area contributed by atoms with Gasteiger partial charge < -0.3 is 15.0 Å². The number of benzene rings is 1. The van der Waals surface area contributed by atoms with Gasteiger partial charge in [0.2, 0.25) is 0 Å². The fourth-order valence-electron chi connectivity index (χ4n) is 3.92. The highest BCUT2D eigenvalue weighted by Gasteiger charge is 2.23. The van der Waals surface area contributed by atoms with E-state index in [1.165, 1.54) is 30.4 Å². The molecule has 1 aromatic rings. The Bertz CT molecular complexity index is 576. The molecule has 1 N–H and O–H groups in total. The number of nitrogens with zero attached hydrogens (tertiary/aromatic N) is 2. The summed E-state index contributed by atoms with van der Waals surface area (Å²) in [6.07, 6.45) is 6.10. The standard InChI is InChI=1S/C20H31N3O2/c1-16-14-17(8-9-19(16)25-2)15-22-10-12-23(13-11-22)20(24)21-18-6-4-3-5-7-18/h8-9,14,18H,3-7,10-13,15H2,1-2H3,(H,21,24). The third kappa shape index (κ3) is 4.88. The van der Waals surface area contributed by atoms with E-state index in [1.54, 1.807) is 7.11 Å². The van der Waals surface area contributed by atoms with Gasteiger partial charge in [-0.05, 0) is 37.0 Å². The fourth-order valence-corrected chi connectivity index (χ4v) is 3.92. The number of amides is 2. The van der Waals surface area contributed by atoms with E-state index in [0.29, 0.717) is 6.04 Å². The first-order valence-electron chi connectivity index (χ1n) is 9.57. The van der Waals surface area contributed by atoms with Crippen molar-refractivity contribution in [2.75, 3.05) is 33.3 Å². The van der Waals surface area contributed by atoms with Gasteiger partial charge in [0, 0.05) is 38.8 Å². The number of rotatable bonds is 4. The summed E-state index contributed by atoms with van der Waals surface area (Å²) < 4.78 is 5.33.